The third kappa shape index (κ3) is 14.3. The van der Waals surface area contributed by atoms with E-state index in [1.54, 1.807) is 0 Å². The highest BCUT2D eigenvalue weighted by Crippen LogP contribution is 2.05. The van der Waals surface area contributed by atoms with Crippen molar-refractivity contribution in [1.29, 1.82) is 0 Å². The van der Waals surface area contributed by atoms with Crippen molar-refractivity contribution in [3.63, 3.8) is 0 Å². The molecule has 0 spiro atoms. The molecular formula is C11H23NO4S2. The topological polar surface area (TPSA) is 56.8 Å². The molecule has 0 aromatic heterocycles. The molecule has 0 radical (unpaired) electrons. The van der Waals surface area contributed by atoms with Crippen LogP contribution in [-0.2, 0) is 19.0 Å². The zero-order chi connectivity index (χ0) is 13.6. The maximum absolute atomic E-state index is 10.8. The van der Waals surface area contributed by atoms with Gasteiger partial charge in [-0.25, -0.2) is 0 Å². The Balaban J connectivity index is 3.01. The van der Waals surface area contributed by atoms with Gasteiger partial charge in [-0.15, -0.1) is 11.7 Å². The van der Waals surface area contributed by atoms with E-state index in [2.05, 4.69) is 30.8 Å². The van der Waals surface area contributed by atoms with Gasteiger partial charge in [-0.2, -0.15) is 0 Å². The maximum Gasteiger partial charge on any atom is 0.224 e. The fourth-order valence-corrected chi connectivity index (χ4v) is 1.34. The number of thiol groups is 1. The predicted molar refractivity (Wildman–Crippen MR) is 77.2 cm³/mol. The molecule has 0 bridgehead atoms. The minimum atomic E-state index is -0.0979. The average Bonchev–Trinajstić information content (AvgIpc) is 2.35. The van der Waals surface area contributed by atoms with Crippen LogP contribution in [0.3, 0.4) is 0 Å². The summed E-state index contributed by atoms with van der Waals surface area (Å²) in [6, 6.07) is 0.486. The van der Waals surface area contributed by atoms with Crippen molar-refractivity contribution in [2.45, 2.75) is 19.9 Å². The normalized spacial score (nSPS) is 11.1. The summed E-state index contributed by atoms with van der Waals surface area (Å²) >= 11 is 3.76. The van der Waals surface area contributed by atoms with E-state index < -0.39 is 0 Å². The number of nitrogens with one attached hydrogen (secondary N) is 1. The first-order valence-electron chi connectivity index (χ1n) is 5.97. The van der Waals surface area contributed by atoms with Crippen LogP contribution >= 0.6 is 22.5 Å². The smallest absolute Gasteiger partial charge is 0.224 e. The van der Waals surface area contributed by atoms with Gasteiger partial charge >= 0.3 is 0 Å². The van der Waals surface area contributed by atoms with E-state index in [4.69, 9.17) is 14.2 Å². The molecule has 0 saturated carbocycles. The summed E-state index contributed by atoms with van der Waals surface area (Å²) in [5.41, 5.74) is 0. The molecule has 5 nitrogen and oxygen atoms in total. The van der Waals surface area contributed by atoms with Crippen molar-refractivity contribution in [3.8, 4) is 0 Å². The van der Waals surface area contributed by atoms with Crippen LogP contribution < -0.4 is 5.32 Å². The molecule has 0 aliphatic heterocycles. The third-order valence-corrected chi connectivity index (χ3v) is 2.80. The van der Waals surface area contributed by atoms with Crippen molar-refractivity contribution in [1.82, 2.24) is 5.32 Å². The molecule has 0 saturated heterocycles. The molecular weight excluding hydrogens is 274 g/mol. The van der Waals surface area contributed by atoms with Crippen LogP contribution in [0.4, 0.5) is 0 Å². The van der Waals surface area contributed by atoms with Gasteiger partial charge in [-0.3, -0.25) is 4.79 Å². The molecule has 0 fully saturated rings. The Bertz CT molecular complexity index is 205. The van der Waals surface area contributed by atoms with Gasteiger partial charge in [0, 0.05) is 12.6 Å². The standard InChI is InChI=1S/C11H23NO4S2/c1-10(2)12-3-4-14-5-6-15-7-8-16-9-11(13)18-17/h10,12,17H,3-9H2,1-2H3. The summed E-state index contributed by atoms with van der Waals surface area (Å²) in [7, 11) is 0.870. The van der Waals surface area contributed by atoms with E-state index in [0.717, 1.165) is 17.3 Å². The Labute approximate surface area is 118 Å². The average molecular weight is 297 g/mol. The number of hydrogen-bond acceptors (Lipinski definition) is 7. The SMILES string of the molecule is CC(C)NCCOCCOCCOCC(=O)SS. The van der Waals surface area contributed by atoms with Gasteiger partial charge in [0.05, 0.1) is 33.0 Å². The first-order chi connectivity index (χ1) is 8.66. The van der Waals surface area contributed by atoms with Crippen LogP contribution in [0.25, 0.3) is 0 Å². The van der Waals surface area contributed by atoms with Gasteiger partial charge < -0.3 is 19.5 Å². The summed E-state index contributed by atoms with van der Waals surface area (Å²) in [4.78, 5) is 10.8. The Morgan fingerprint density at radius 1 is 1.11 bits per heavy atom. The molecule has 7 heteroatoms. The number of rotatable bonds is 12. The monoisotopic (exact) mass is 297 g/mol. The summed E-state index contributed by atoms with van der Waals surface area (Å²) < 4.78 is 15.7. The highest BCUT2D eigenvalue weighted by molar-refractivity contribution is 8.74. The van der Waals surface area contributed by atoms with Gasteiger partial charge in [0.2, 0.25) is 5.12 Å². The van der Waals surface area contributed by atoms with Gasteiger partial charge in [0.25, 0.3) is 0 Å². The highest BCUT2D eigenvalue weighted by Gasteiger charge is 1.98. The molecule has 0 unspecified atom stereocenters. The lowest BCUT2D eigenvalue weighted by Gasteiger charge is -2.09. The second-order valence-corrected chi connectivity index (χ2v) is 5.04. The number of carbonyl (C=O) groups excluding carboxylic acids is 1. The van der Waals surface area contributed by atoms with Crippen molar-refractivity contribution in [2.75, 3.05) is 46.2 Å². The van der Waals surface area contributed by atoms with Crippen LogP contribution in [0.15, 0.2) is 0 Å². The quantitative estimate of drug-likeness (QED) is 0.320. The van der Waals surface area contributed by atoms with Crippen LogP contribution in [0.2, 0.25) is 0 Å². The lowest BCUT2D eigenvalue weighted by atomic mass is 10.4. The van der Waals surface area contributed by atoms with E-state index in [1.165, 1.54) is 0 Å². The zero-order valence-electron chi connectivity index (χ0n) is 11.0. The first-order valence-corrected chi connectivity index (χ1v) is 7.84. The lowest BCUT2D eigenvalue weighted by molar-refractivity contribution is -0.115. The third-order valence-electron chi connectivity index (χ3n) is 1.86. The Hall–Kier alpha value is 0.210. The van der Waals surface area contributed by atoms with Crippen LogP contribution in [0, 0.1) is 0 Å². The number of ether oxygens (including phenoxy) is 3. The minimum absolute atomic E-state index is 0.0783. The van der Waals surface area contributed by atoms with Gasteiger partial charge in [-0.1, -0.05) is 13.8 Å². The molecule has 1 N–H and O–H groups in total. The minimum Gasteiger partial charge on any atom is -0.378 e. The van der Waals surface area contributed by atoms with E-state index in [9.17, 15) is 4.79 Å². The second-order valence-electron chi connectivity index (χ2n) is 3.85. The molecule has 0 aliphatic rings. The Morgan fingerprint density at radius 3 is 2.22 bits per heavy atom. The maximum atomic E-state index is 10.8. The van der Waals surface area contributed by atoms with E-state index >= 15 is 0 Å². The zero-order valence-corrected chi connectivity index (χ0v) is 12.7. The van der Waals surface area contributed by atoms with Gasteiger partial charge in [0.1, 0.15) is 6.61 Å². The van der Waals surface area contributed by atoms with Crippen molar-refractivity contribution in [3.05, 3.63) is 0 Å². The van der Waals surface area contributed by atoms with Crippen LogP contribution in [0.5, 0.6) is 0 Å². The van der Waals surface area contributed by atoms with E-state index in [0.29, 0.717) is 39.1 Å². The summed E-state index contributed by atoms with van der Waals surface area (Å²) in [5, 5.41) is 3.16. The number of carbonyl (C=O) groups is 1. The molecule has 0 rings (SSSR count). The lowest BCUT2D eigenvalue weighted by Crippen LogP contribution is -2.27. The van der Waals surface area contributed by atoms with Gasteiger partial charge in [-0.05, 0) is 10.8 Å². The van der Waals surface area contributed by atoms with Crippen LogP contribution in [0.1, 0.15) is 13.8 Å². The van der Waals surface area contributed by atoms with Crippen molar-refractivity contribution >= 4 is 27.6 Å². The summed E-state index contributed by atoms with van der Waals surface area (Å²) in [6.07, 6.45) is 0. The van der Waals surface area contributed by atoms with Crippen molar-refractivity contribution in [2.24, 2.45) is 0 Å². The second kappa shape index (κ2) is 13.6. The van der Waals surface area contributed by atoms with E-state index in [1.807, 2.05) is 0 Å². The summed E-state index contributed by atoms with van der Waals surface area (Å²) in [6.45, 7) is 7.81. The fourth-order valence-electron chi connectivity index (χ4n) is 1.04. The molecule has 18 heavy (non-hydrogen) atoms. The summed E-state index contributed by atoms with van der Waals surface area (Å²) in [5.74, 6) is 0. The predicted octanol–water partition coefficient (Wildman–Crippen LogP) is 1.14. The molecule has 0 heterocycles. The molecule has 108 valence electrons. The van der Waals surface area contributed by atoms with Gasteiger partial charge in [0.15, 0.2) is 0 Å². The van der Waals surface area contributed by atoms with E-state index in [-0.39, 0.29) is 11.7 Å². The fraction of sp³-hybridized carbons (Fsp3) is 0.909. The molecule has 0 amide bonds. The molecule has 0 atom stereocenters. The van der Waals surface area contributed by atoms with Crippen LogP contribution in [-0.4, -0.2) is 57.3 Å². The largest absolute Gasteiger partial charge is 0.378 e. The molecule has 0 aliphatic carbocycles. The molecule has 0 aromatic rings. The Morgan fingerprint density at radius 2 is 1.67 bits per heavy atom. The first kappa shape index (κ1) is 18.2. The molecule has 0 aromatic carbocycles. The van der Waals surface area contributed by atoms with Crippen molar-refractivity contribution < 1.29 is 19.0 Å². The Kier molecular flexibility index (Phi) is 13.8. The highest BCUT2D eigenvalue weighted by atomic mass is 33.1. The number of hydrogen-bond donors (Lipinski definition) is 2.